The molecule has 0 radical (unpaired) electrons. The summed E-state index contributed by atoms with van der Waals surface area (Å²) in [5.41, 5.74) is -0.348. The van der Waals surface area contributed by atoms with Crippen LogP contribution in [0.4, 0.5) is 4.79 Å². The SMILES string of the molecule is CC(C)(C)c1nc(C#N)n(C(=O)n2cncn2)n1. The first-order valence-electron chi connectivity index (χ1n) is 5.20. The minimum Gasteiger partial charge on any atom is -0.243 e. The van der Waals surface area contributed by atoms with E-state index >= 15 is 0 Å². The Kier molecular flexibility index (Phi) is 2.67. The van der Waals surface area contributed by atoms with Gasteiger partial charge < -0.3 is 0 Å². The first-order chi connectivity index (χ1) is 8.43. The van der Waals surface area contributed by atoms with Crippen molar-refractivity contribution in [3.05, 3.63) is 24.3 Å². The molecule has 0 atom stereocenters. The number of nitrogens with zero attached hydrogens (tertiary/aromatic N) is 7. The van der Waals surface area contributed by atoms with Crippen molar-refractivity contribution in [2.75, 3.05) is 0 Å². The highest BCUT2D eigenvalue weighted by Gasteiger charge is 2.25. The number of hydrogen-bond donors (Lipinski definition) is 0. The van der Waals surface area contributed by atoms with Crippen molar-refractivity contribution in [3.63, 3.8) is 0 Å². The van der Waals surface area contributed by atoms with Crippen molar-refractivity contribution in [2.24, 2.45) is 0 Å². The number of hydrogen-bond acceptors (Lipinski definition) is 6. The summed E-state index contributed by atoms with van der Waals surface area (Å²) in [4.78, 5) is 19.7. The van der Waals surface area contributed by atoms with E-state index in [2.05, 4.69) is 20.2 Å². The Morgan fingerprint density at radius 1 is 1.44 bits per heavy atom. The van der Waals surface area contributed by atoms with Crippen molar-refractivity contribution in [1.82, 2.24) is 29.5 Å². The molecule has 18 heavy (non-hydrogen) atoms. The molecule has 0 saturated heterocycles. The fourth-order valence-corrected chi connectivity index (χ4v) is 1.24. The van der Waals surface area contributed by atoms with E-state index in [0.29, 0.717) is 5.82 Å². The first kappa shape index (κ1) is 11.9. The van der Waals surface area contributed by atoms with Crippen LogP contribution in [-0.2, 0) is 5.41 Å². The molecule has 0 fully saturated rings. The van der Waals surface area contributed by atoms with E-state index in [0.717, 1.165) is 9.36 Å². The summed E-state index contributed by atoms with van der Waals surface area (Å²) >= 11 is 0. The largest absolute Gasteiger partial charge is 0.373 e. The molecule has 2 heterocycles. The Balaban J connectivity index is 2.49. The Bertz CT molecular complexity index is 612. The summed E-state index contributed by atoms with van der Waals surface area (Å²) in [6, 6.07) is 1.25. The lowest BCUT2D eigenvalue weighted by molar-refractivity contribution is 0.237. The highest BCUT2D eigenvalue weighted by molar-refractivity contribution is 5.78. The molecule has 0 aliphatic rings. The molecule has 8 nitrogen and oxygen atoms in total. The van der Waals surface area contributed by atoms with Gasteiger partial charge >= 0.3 is 6.03 Å². The molecule has 2 aromatic rings. The topological polar surface area (TPSA) is 102 Å². The van der Waals surface area contributed by atoms with Crippen LogP contribution in [0.15, 0.2) is 12.7 Å². The van der Waals surface area contributed by atoms with Gasteiger partial charge in [-0.25, -0.2) is 14.8 Å². The molecular weight excluding hydrogens is 234 g/mol. The van der Waals surface area contributed by atoms with Crippen LogP contribution >= 0.6 is 0 Å². The molecular formula is C10H11N7O. The summed E-state index contributed by atoms with van der Waals surface area (Å²) in [5, 5.41) is 16.7. The third kappa shape index (κ3) is 1.98. The van der Waals surface area contributed by atoms with Gasteiger partial charge in [-0.1, -0.05) is 20.8 Å². The van der Waals surface area contributed by atoms with Gasteiger partial charge in [-0.3, -0.25) is 0 Å². The molecule has 0 bridgehead atoms. The number of carbonyl (C=O) groups excluding carboxylic acids is 1. The molecule has 92 valence electrons. The summed E-state index contributed by atoms with van der Waals surface area (Å²) in [7, 11) is 0. The van der Waals surface area contributed by atoms with Gasteiger partial charge in [-0.2, -0.15) is 15.0 Å². The van der Waals surface area contributed by atoms with Crippen LogP contribution in [0.25, 0.3) is 0 Å². The van der Waals surface area contributed by atoms with Gasteiger partial charge in [0.1, 0.15) is 18.7 Å². The monoisotopic (exact) mass is 245 g/mol. The number of rotatable bonds is 0. The molecule has 0 amide bonds. The third-order valence-electron chi connectivity index (χ3n) is 2.17. The molecule has 0 N–H and O–H groups in total. The molecule has 2 rings (SSSR count). The van der Waals surface area contributed by atoms with Crippen LogP contribution in [0, 0.1) is 11.3 Å². The molecule has 2 aromatic heterocycles. The molecule has 8 heteroatoms. The maximum absolute atomic E-state index is 12.0. The van der Waals surface area contributed by atoms with Crippen LogP contribution in [0.1, 0.15) is 32.4 Å². The number of aromatic nitrogens is 6. The summed E-state index contributed by atoms with van der Waals surface area (Å²) in [6.45, 7) is 5.69. The van der Waals surface area contributed by atoms with E-state index in [4.69, 9.17) is 5.26 Å². The standard InChI is InChI=1S/C10H11N7O/c1-10(2,3)8-14-7(4-11)17(15-8)9(18)16-6-12-5-13-16/h5-6H,1-3H3. The van der Waals surface area contributed by atoms with Gasteiger partial charge in [-0.15, -0.1) is 9.78 Å². The summed E-state index contributed by atoms with van der Waals surface area (Å²) in [5.74, 6) is 0.355. The van der Waals surface area contributed by atoms with Gasteiger partial charge in [-0.05, 0) is 0 Å². The van der Waals surface area contributed by atoms with Crippen LogP contribution in [0.5, 0.6) is 0 Å². The lowest BCUT2D eigenvalue weighted by atomic mass is 9.96. The highest BCUT2D eigenvalue weighted by atomic mass is 16.2. The van der Waals surface area contributed by atoms with Gasteiger partial charge in [0.25, 0.3) is 0 Å². The van der Waals surface area contributed by atoms with Crippen molar-refractivity contribution in [2.45, 2.75) is 26.2 Å². The second-order valence-electron chi connectivity index (χ2n) is 4.66. The normalized spacial score (nSPS) is 11.2. The van der Waals surface area contributed by atoms with Crippen LogP contribution in [-0.4, -0.2) is 35.6 Å². The number of nitriles is 1. The minimum atomic E-state index is -0.591. The first-order valence-corrected chi connectivity index (χ1v) is 5.20. The van der Waals surface area contributed by atoms with Crippen molar-refractivity contribution in [3.8, 4) is 6.07 Å². The quantitative estimate of drug-likeness (QED) is 0.671. The average Bonchev–Trinajstić information content (AvgIpc) is 2.96. The predicted molar refractivity (Wildman–Crippen MR) is 59.7 cm³/mol. The van der Waals surface area contributed by atoms with Gasteiger partial charge in [0.2, 0.25) is 5.82 Å². The van der Waals surface area contributed by atoms with Gasteiger partial charge in [0, 0.05) is 5.41 Å². The van der Waals surface area contributed by atoms with Gasteiger partial charge in [0.05, 0.1) is 0 Å². The summed E-state index contributed by atoms with van der Waals surface area (Å²) in [6.07, 6.45) is 2.47. The van der Waals surface area contributed by atoms with E-state index in [1.165, 1.54) is 12.7 Å². The molecule has 0 aromatic carbocycles. The smallest absolute Gasteiger partial charge is 0.243 e. The zero-order chi connectivity index (χ0) is 13.3. The van der Waals surface area contributed by atoms with E-state index in [1.54, 1.807) is 0 Å². The van der Waals surface area contributed by atoms with Crippen molar-refractivity contribution >= 4 is 6.03 Å². The average molecular weight is 245 g/mol. The van der Waals surface area contributed by atoms with Crippen molar-refractivity contribution < 1.29 is 4.79 Å². The second-order valence-corrected chi connectivity index (χ2v) is 4.66. The zero-order valence-corrected chi connectivity index (χ0v) is 10.2. The lowest BCUT2D eigenvalue weighted by Gasteiger charge is -2.11. The maximum atomic E-state index is 12.0. The van der Waals surface area contributed by atoms with E-state index in [-0.39, 0.29) is 11.2 Å². The lowest BCUT2D eigenvalue weighted by Crippen LogP contribution is -2.23. The van der Waals surface area contributed by atoms with E-state index < -0.39 is 6.03 Å². The maximum Gasteiger partial charge on any atom is 0.373 e. The molecule has 0 aliphatic heterocycles. The minimum absolute atomic E-state index is 0.0691. The fraction of sp³-hybridized carbons (Fsp3) is 0.400. The molecule has 0 aliphatic carbocycles. The predicted octanol–water partition coefficient (Wildman–Crippen LogP) is 0.555. The van der Waals surface area contributed by atoms with Crippen LogP contribution in [0.2, 0.25) is 0 Å². The highest BCUT2D eigenvalue weighted by Crippen LogP contribution is 2.18. The Morgan fingerprint density at radius 3 is 2.67 bits per heavy atom. The van der Waals surface area contributed by atoms with Gasteiger partial charge in [0.15, 0.2) is 5.82 Å². The summed E-state index contributed by atoms with van der Waals surface area (Å²) < 4.78 is 1.91. The fourth-order valence-electron chi connectivity index (χ4n) is 1.24. The third-order valence-corrected chi connectivity index (χ3v) is 2.17. The molecule has 0 unspecified atom stereocenters. The Hall–Kier alpha value is -2.56. The number of carbonyl (C=O) groups is 1. The van der Waals surface area contributed by atoms with E-state index in [1.807, 2.05) is 26.8 Å². The molecule has 0 saturated carbocycles. The Labute approximate surface area is 103 Å². The zero-order valence-electron chi connectivity index (χ0n) is 10.2. The van der Waals surface area contributed by atoms with E-state index in [9.17, 15) is 4.79 Å². The van der Waals surface area contributed by atoms with Crippen molar-refractivity contribution in [1.29, 1.82) is 5.26 Å². The second kappa shape index (κ2) is 4.03. The van der Waals surface area contributed by atoms with Crippen LogP contribution in [0.3, 0.4) is 0 Å². The Morgan fingerprint density at radius 2 is 2.17 bits per heavy atom. The van der Waals surface area contributed by atoms with Crippen LogP contribution < -0.4 is 0 Å². The molecule has 0 spiro atoms.